The number of aromatic nitrogens is 2. The SMILES string of the molecule is O=S(=O)(NCc1cscn1)c1cccc(-c2ccc(F)c3cccnc23)c1. The van der Waals surface area contributed by atoms with Crippen LogP contribution in [0.2, 0.25) is 0 Å². The summed E-state index contributed by atoms with van der Waals surface area (Å²) in [6, 6.07) is 12.8. The maximum atomic E-state index is 14.0. The van der Waals surface area contributed by atoms with E-state index in [4.69, 9.17) is 0 Å². The number of rotatable bonds is 5. The third-order valence-corrected chi connectivity index (χ3v) is 6.13. The van der Waals surface area contributed by atoms with Gasteiger partial charge in [-0.05, 0) is 42.0 Å². The Hall–Kier alpha value is -2.68. The number of fused-ring (bicyclic) bond motifs is 1. The average molecular weight is 399 g/mol. The highest BCUT2D eigenvalue weighted by atomic mass is 32.2. The first-order valence-electron chi connectivity index (χ1n) is 8.05. The molecule has 2 aromatic carbocycles. The molecule has 27 heavy (non-hydrogen) atoms. The van der Waals surface area contributed by atoms with E-state index in [9.17, 15) is 12.8 Å². The predicted molar refractivity (Wildman–Crippen MR) is 103 cm³/mol. The summed E-state index contributed by atoms with van der Waals surface area (Å²) in [4.78, 5) is 8.46. The largest absolute Gasteiger partial charge is 0.255 e. The Balaban J connectivity index is 1.72. The van der Waals surface area contributed by atoms with Crippen LogP contribution in [0.3, 0.4) is 0 Å². The van der Waals surface area contributed by atoms with Gasteiger partial charge >= 0.3 is 0 Å². The zero-order chi connectivity index (χ0) is 18.9. The smallest absolute Gasteiger partial charge is 0.240 e. The lowest BCUT2D eigenvalue weighted by Crippen LogP contribution is -2.23. The minimum absolute atomic E-state index is 0.122. The molecular weight excluding hydrogens is 385 g/mol. The highest BCUT2D eigenvalue weighted by Crippen LogP contribution is 2.30. The highest BCUT2D eigenvalue weighted by Gasteiger charge is 2.16. The van der Waals surface area contributed by atoms with Crippen molar-refractivity contribution in [2.75, 3.05) is 0 Å². The molecule has 1 N–H and O–H groups in total. The zero-order valence-electron chi connectivity index (χ0n) is 14.0. The number of thiazole rings is 1. The van der Waals surface area contributed by atoms with Crippen molar-refractivity contribution in [3.05, 3.63) is 77.1 Å². The van der Waals surface area contributed by atoms with Gasteiger partial charge in [-0.3, -0.25) is 4.98 Å². The number of hydrogen-bond acceptors (Lipinski definition) is 5. The number of pyridine rings is 1. The van der Waals surface area contributed by atoms with Crippen molar-refractivity contribution >= 4 is 32.3 Å². The Morgan fingerprint density at radius 3 is 2.78 bits per heavy atom. The Bertz CT molecular complexity index is 1210. The molecule has 0 saturated carbocycles. The summed E-state index contributed by atoms with van der Waals surface area (Å²) in [6.45, 7) is 0.122. The average Bonchev–Trinajstić information content (AvgIpc) is 3.21. The van der Waals surface area contributed by atoms with E-state index < -0.39 is 10.0 Å². The molecule has 0 amide bonds. The van der Waals surface area contributed by atoms with Gasteiger partial charge in [0.1, 0.15) is 5.82 Å². The monoisotopic (exact) mass is 399 g/mol. The Morgan fingerprint density at radius 1 is 1.07 bits per heavy atom. The Morgan fingerprint density at radius 2 is 1.96 bits per heavy atom. The summed E-state index contributed by atoms with van der Waals surface area (Å²) in [6.07, 6.45) is 1.58. The van der Waals surface area contributed by atoms with Crippen molar-refractivity contribution in [1.82, 2.24) is 14.7 Å². The van der Waals surface area contributed by atoms with E-state index >= 15 is 0 Å². The van der Waals surface area contributed by atoms with Crippen LogP contribution < -0.4 is 4.72 Å². The molecule has 0 aliphatic rings. The first-order valence-corrected chi connectivity index (χ1v) is 10.5. The minimum atomic E-state index is -3.71. The molecule has 136 valence electrons. The molecule has 0 unspecified atom stereocenters. The van der Waals surface area contributed by atoms with E-state index in [1.165, 1.54) is 23.5 Å². The van der Waals surface area contributed by atoms with Crippen molar-refractivity contribution in [2.24, 2.45) is 0 Å². The summed E-state index contributed by atoms with van der Waals surface area (Å²) in [7, 11) is -3.71. The van der Waals surface area contributed by atoms with Crippen LogP contribution in [0.1, 0.15) is 5.69 Å². The van der Waals surface area contributed by atoms with Crippen LogP contribution >= 0.6 is 11.3 Å². The van der Waals surface area contributed by atoms with Crippen LogP contribution in [-0.2, 0) is 16.6 Å². The van der Waals surface area contributed by atoms with Gasteiger partial charge in [-0.1, -0.05) is 12.1 Å². The van der Waals surface area contributed by atoms with Gasteiger partial charge in [0.25, 0.3) is 0 Å². The Labute approximate surface area is 159 Å². The second kappa shape index (κ2) is 7.15. The van der Waals surface area contributed by atoms with Crippen molar-refractivity contribution < 1.29 is 12.8 Å². The van der Waals surface area contributed by atoms with Gasteiger partial charge in [0.05, 0.1) is 28.2 Å². The molecule has 0 fully saturated rings. The van der Waals surface area contributed by atoms with Gasteiger partial charge < -0.3 is 0 Å². The van der Waals surface area contributed by atoms with E-state index in [0.717, 1.165) is 0 Å². The molecule has 2 aromatic heterocycles. The van der Waals surface area contributed by atoms with E-state index in [1.807, 2.05) is 0 Å². The fraction of sp³-hybridized carbons (Fsp3) is 0.0526. The normalized spacial score (nSPS) is 11.7. The van der Waals surface area contributed by atoms with Gasteiger partial charge in [0.15, 0.2) is 0 Å². The quantitative estimate of drug-likeness (QED) is 0.551. The molecule has 8 heteroatoms. The van der Waals surface area contributed by atoms with Crippen molar-refractivity contribution in [3.63, 3.8) is 0 Å². The van der Waals surface area contributed by atoms with E-state index in [2.05, 4.69) is 14.7 Å². The molecule has 0 bridgehead atoms. The first-order chi connectivity index (χ1) is 13.0. The molecule has 0 aliphatic heterocycles. The lowest BCUT2D eigenvalue weighted by Gasteiger charge is -2.10. The number of benzene rings is 2. The standard InChI is InChI=1S/C19H14FN3O2S2/c20-18-7-6-16(19-17(18)5-2-8-21-19)13-3-1-4-15(9-13)27(24,25)23-10-14-11-26-12-22-14/h1-9,11-12,23H,10H2. The van der Waals surface area contributed by atoms with Crippen LogP contribution in [-0.4, -0.2) is 18.4 Å². The van der Waals surface area contributed by atoms with Gasteiger partial charge in [0.2, 0.25) is 10.0 Å². The third kappa shape index (κ3) is 3.59. The van der Waals surface area contributed by atoms with Gasteiger partial charge in [-0.15, -0.1) is 11.3 Å². The molecular formula is C19H14FN3O2S2. The lowest BCUT2D eigenvalue weighted by molar-refractivity contribution is 0.580. The summed E-state index contributed by atoms with van der Waals surface area (Å²) in [5.41, 5.74) is 4.12. The molecule has 4 rings (SSSR count). The summed E-state index contributed by atoms with van der Waals surface area (Å²) in [5, 5.41) is 2.18. The van der Waals surface area contributed by atoms with Crippen LogP contribution in [0.25, 0.3) is 22.0 Å². The molecule has 2 heterocycles. The third-order valence-electron chi connectivity index (χ3n) is 4.10. The van der Waals surface area contributed by atoms with E-state index in [0.29, 0.717) is 27.7 Å². The highest BCUT2D eigenvalue weighted by molar-refractivity contribution is 7.89. The first kappa shape index (κ1) is 17.7. The molecule has 0 saturated heterocycles. The zero-order valence-corrected chi connectivity index (χ0v) is 15.6. The van der Waals surface area contributed by atoms with Crippen LogP contribution in [0.5, 0.6) is 0 Å². The molecule has 4 aromatic rings. The van der Waals surface area contributed by atoms with Crippen LogP contribution in [0.4, 0.5) is 4.39 Å². The number of nitrogens with one attached hydrogen (secondary N) is 1. The van der Waals surface area contributed by atoms with Gasteiger partial charge in [-0.2, -0.15) is 0 Å². The number of hydrogen-bond donors (Lipinski definition) is 1. The summed E-state index contributed by atoms with van der Waals surface area (Å²) in [5.74, 6) is -0.365. The van der Waals surface area contributed by atoms with Gasteiger partial charge in [0, 0.05) is 22.5 Å². The fourth-order valence-electron chi connectivity index (χ4n) is 2.78. The van der Waals surface area contributed by atoms with Crippen molar-refractivity contribution in [1.29, 1.82) is 0 Å². The number of sulfonamides is 1. The molecule has 0 aliphatic carbocycles. The lowest BCUT2D eigenvalue weighted by atomic mass is 10.0. The minimum Gasteiger partial charge on any atom is -0.255 e. The van der Waals surface area contributed by atoms with Crippen molar-refractivity contribution in [2.45, 2.75) is 11.4 Å². The number of nitrogens with zero attached hydrogens (tertiary/aromatic N) is 2. The summed E-state index contributed by atoms with van der Waals surface area (Å²) >= 11 is 1.40. The molecule has 0 spiro atoms. The van der Waals surface area contributed by atoms with E-state index in [1.54, 1.807) is 53.5 Å². The molecule has 0 radical (unpaired) electrons. The summed E-state index contributed by atoms with van der Waals surface area (Å²) < 4.78 is 41.8. The fourth-order valence-corrected chi connectivity index (χ4v) is 4.38. The second-order valence-electron chi connectivity index (χ2n) is 5.83. The maximum Gasteiger partial charge on any atom is 0.240 e. The number of halogens is 1. The second-order valence-corrected chi connectivity index (χ2v) is 8.31. The molecule has 0 atom stereocenters. The van der Waals surface area contributed by atoms with Crippen molar-refractivity contribution in [3.8, 4) is 11.1 Å². The maximum absolute atomic E-state index is 14.0. The van der Waals surface area contributed by atoms with Gasteiger partial charge in [-0.25, -0.2) is 22.5 Å². The van der Waals surface area contributed by atoms with E-state index in [-0.39, 0.29) is 17.3 Å². The topological polar surface area (TPSA) is 72.0 Å². The predicted octanol–water partition coefficient (Wildman–Crippen LogP) is 3.98. The van der Waals surface area contributed by atoms with Crippen LogP contribution in [0.15, 0.2) is 70.5 Å². The van der Waals surface area contributed by atoms with Crippen LogP contribution in [0, 0.1) is 5.82 Å². The molecule has 5 nitrogen and oxygen atoms in total. The Kier molecular flexibility index (Phi) is 4.69.